The van der Waals surface area contributed by atoms with Crippen LogP contribution in [0, 0.1) is 11.8 Å². The van der Waals surface area contributed by atoms with Gasteiger partial charge in [0, 0.05) is 6.42 Å². The first kappa shape index (κ1) is 22.4. The lowest BCUT2D eigenvalue weighted by atomic mass is 9.86. The Hall–Kier alpha value is -0.680. The Morgan fingerprint density at radius 2 is 1.64 bits per heavy atom. The maximum absolute atomic E-state index is 13.7. The van der Waals surface area contributed by atoms with Crippen LogP contribution in [0.15, 0.2) is 0 Å². The van der Waals surface area contributed by atoms with Crippen LogP contribution >= 0.6 is 0 Å². The molecule has 0 heterocycles. The fraction of sp³-hybridized carbons (Fsp3) is 0.950. The molecule has 1 saturated carbocycles. The molecular formula is C20H37FO4. The summed E-state index contributed by atoms with van der Waals surface area (Å²) in [5.41, 5.74) is 0. The summed E-state index contributed by atoms with van der Waals surface area (Å²) in [6.45, 7) is 2.10. The second kappa shape index (κ2) is 11.8. The summed E-state index contributed by atoms with van der Waals surface area (Å²) in [6, 6.07) is 0. The Morgan fingerprint density at radius 3 is 2.24 bits per heavy atom. The lowest BCUT2D eigenvalue weighted by Gasteiger charge is -2.20. The molecule has 1 aliphatic rings. The van der Waals surface area contributed by atoms with Crippen LogP contribution in [0.1, 0.15) is 96.8 Å². The van der Waals surface area contributed by atoms with Crippen LogP contribution in [-0.4, -0.2) is 33.2 Å². The predicted octanol–water partition coefficient (Wildman–Crippen LogP) is 4.82. The number of halogens is 1. The zero-order valence-corrected chi connectivity index (χ0v) is 15.8. The van der Waals surface area contributed by atoms with E-state index in [0.29, 0.717) is 31.1 Å². The summed E-state index contributed by atoms with van der Waals surface area (Å²) in [5.74, 6) is -2.74. The quantitative estimate of drug-likeness (QED) is 0.307. The smallest absolute Gasteiger partial charge is 0.364 e. The van der Waals surface area contributed by atoms with Crippen molar-refractivity contribution in [3.63, 3.8) is 0 Å². The van der Waals surface area contributed by atoms with Crippen LogP contribution in [0.5, 0.6) is 0 Å². The van der Waals surface area contributed by atoms with Gasteiger partial charge in [0.2, 0.25) is 0 Å². The van der Waals surface area contributed by atoms with Gasteiger partial charge in [-0.05, 0) is 31.1 Å². The molecule has 0 amide bonds. The van der Waals surface area contributed by atoms with Gasteiger partial charge in [0.1, 0.15) is 6.17 Å². The third-order valence-electron chi connectivity index (χ3n) is 5.72. The van der Waals surface area contributed by atoms with Crippen molar-refractivity contribution in [3.05, 3.63) is 0 Å². The van der Waals surface area contributed by atoms with Crippen LogP contribution in [0.2, 0.25) is 0 Å². The molecule has 1 aliphatic carbocycles. The first-order chi connectivity index (χ1) is 11.9. The van der Waals surface area contributed by atoms with E-state index >= 15 is 0 Å². The zero-order valence-electron chi connectivity index (χ0n) is 15.8. The van der Waals surface area contributed by atoms with E-state index in [2.05, 4.69) is 6.92 Å². The maximum atomic E-state index is 13.7. The molecule has 0 aromatic rings. The summed E-state index contributed by atoms with van der Waals surface area (Å²) in [6.07, 6.45) is 12.0. The largest absolute Gasteiger partial charge is 0.477 e. The average molecular weight is 361 g/mol. The molecule has 5 heteroatoms. The van der Waals surface area contributed by atoms with Crippen molar-refractivity contribution in [1.29, 1.82) is 0 Å². The average Bonchev–Trinajstić information content (AvgIpc) is 2.99. The van der Waals surface area contributed by atoms with Crippen molar-refractivity contribution in [1.82, 2.24) is 0 Å². The lowest BCUT2D eigenvalue weighted by Crippen LogP contribution is -2.37. The topological polar surface area (TPSA) is 77.8 Å². The van der Waals surface area contributed by atoms with Crippen molar-refractivity contribution in [2.45, 2.75) is 109 Å². The molecule has 0 spiro atoms. The molecule has 4 nitrogen and oxygen atoms in total. The SMILES string of the molecule is CCCC[C@H](F)CCC[C@H]1CCC[C@@H]1CCCCCC(O)(O)C(=O)O. The second-order valence-electron chi connectivity index (χ2n) is 7.84. The standard InChI is InChI=1S/C20H37FO4/c1-2-3-13-18(21)14-8-12-17-11-7-10-16(17)9-5-4-6-15-20(24,25)19(22)23/h16-18,24-25H,2-15H2,1H3,(H,22,23)/t16-,17+,18-/m0/s1. The van der Waals surface area contributed by atoms with E-state index in [0.717, 1.165) is 44.9 Å². The molecular weight excluding hydrogens is 323 g/mol. The van der Waals surface area contributed by atoms with Gasteiger partial charge < -0.3 is 15.3 Å². The molecule has 1 rings (SSSR count). The van der Waals surface area contributed by atoms with Gasteiger partial charge in [-0.15, -0.1) is 0 Å². The number of hydrogen-bond acceptors (Lipinski definition) is 3. The van der Waals surface area contributed by atoms with Crippen molar-refractivity contribution >= 4 is 5.97 Å². The molecule has 3 atom stereocenters. The van der Waals surface area contributed by atoms with Crippen LogP contribution < -0.4 is 0 Å². The lowest BCUT2D eigenvalue weighted by molar-refractivity contribution is -0.205. The predicted molar refractivity (Wildman–Crippen MR) is 97.0 cm³/mol. The molecule has 1 fully saturated rings. The fourth-order valence-electron chi connectivity index (χ4n) is 4.11. The molecule has 25 heavy (non-hydrogen) atoms. The van der Waals surface area contributed by atoms with Gasteiger partial charge >= 0.3 is 5.97 Å². The molecule has 0 radical (unpaired) electrons. The first-order valence-electron chi connectivity index (χ1n) is 10.2. The van der Waals surface area contributed by atoms with Crippen molar-refractivity contribution in [3.8, 4) is 0 Å². The Labute approximate surface area is 151 Å². The molecule has 3 N–H and O–H groups in total. The van der Waals surface area contributed by atoms with Gasteiger partial charge in [-0.25, -0.2) is 9.18 Å². The Kier molecular flexibility index (Phi) is 10.6. The van der Waals surface area contributed by atoms with Crippen LogP contribution in [-0.2, 0) is 4.79 Å². The van der Waals surface area contributed by atoms with Crippen LogP contribution in [0.25, 0.3) is 0 Å². The van der Waals surface area contributed by atoms with Crippen LogP contribution in [0.4, 0.5) is 4.39 Å². The number of aliphatic hydroxyl groups is 2. The highest BCUT2D eigenvalue weighted by Gasteiger charge is 2.32. The molecule has 0 bridgehead atoms. The minimum atomic E-state index is -2.59. The second-order valence-corrected chi connectivity index (χ2v) is 7.84. The van der Waals surface area contributed by atoms with Gasteiger partial charge in [0.25, 0.3) is 5.79 Å². The number of carboxylic acids is 1. The van der Waals surface area contributed by atoms with Crippen LogP contribution in [0.3, 0.4) is 0 Å². The molecule has 148 valence electrons. The summed E-state index contributed by atoms with van der Waals surface area (Å²) in [4.78, 5) is 10.6. The number of alkyl halides is 1. The van der Waals surface area contributed by atoms with E-state index < -0.39 is 17.9 Å². The Morgan fingerprint density at radius 1 is 1.04 bits per heavy atom. The highest BCUT2D eigenvalue weighted by Crippen LogP contribution is 2.38. The minimum Gasteiger partial charge on any atom is -0.477 e. The van der Waals surface area contributed by atoms with Crippen molar-refractivity contribution in [2.75, 3.05) is 0 Å². The van der Waals surface area contributed by atoms with E-state index in [1.165, 1.54) is 19.3 Å². The number of hydrogen-bond donors (Lipinski definition) is 3. The minimum absolute atomic E-state index is 0.119. The van der Waals surface area contributed by atoms with Gasteiger partial charge in [0.15, 0.2) is 0 Å². The summed E-state index contributed by atoms with van der Waals surface area (Å²) in [5, 5.41) is 27.2. The van der Waals surface area contributed by atoms with Gasteiger partial charge in [-0.1, -0.05) is 71.1 Å². The number of carbonyl (C=O) groups is 1. The molecule has 0 saturated heterocycles. The summed E-state index contributed by atoms with van der Waals surface area (Å²) >= 11 is 0. The van der Waals surface area contributed by atoms with E-state index in [1.807, 2.05) is 0 Å². The zero-order chi connectivity index (χ0) is 18.7. The summed E-state index contributed by atoms with van der Waals surface area (Å²) < 4.78 is 13.7. The highest BCUT2D eigenvalue weighted by molar-refractivity contribution is 5.74. The summed E-state index contributed by atoms with van der Waals surface area (Å²) in [7, 11) is 0. The molecule has 0 unspecified atom stereocenters. The highest BCUT2D eigenvalue weighted by atomic mass is 19.1. The van der Waals surface area contributed by atoms with Gasteiger partial charge in [-0.3, -0.25) is 0 Å². The van der Waals surface area contributed by atoms with Gasteiger partial charge in [-0.2, -0.15) is 0 Å². The Balaban J connectivity index is 2.13. The third kappa shape index (κ3) is 9.00. The van der Waals surface area contributed by atoms with Crippen molar-refractivity contribution < 1.29 is 24.5 Å². The molecule has 0 aromatic heterocycles. The van der Waals surface area contributed by atoms with Crippen molar-refractivity contribution in [2.24, 2.45) is 11.8 Å². The number of rotatable bonds is 14. The van der Waals surface area contributed by atoms with Gasteiger partial charge in [0.05, 0.1) is 0 Å². The normalized spacial score (nSPS) is 22.2. The maximum Gasteiger partial charge on any atom is 0.364 e. The van der Waals surface area contributed by atoms with E-state index in [4.69, 9.17) is 5.11 Å². The number of aliphatic carboxylic acids is 1. The molecule has 0 aromatic carbocycles. The molecule has 0 aliphatic heterocycles. The Bertz CT molecular complexity index is 373. The fourth-order valence-corrected chi connectivity index (χ4v) is 4.11. The third-order valence-corrected chi connectivity index (χ3v) is 5.72. The van der Waals surface area contributed by atoms with E-state index in [9.17, 15) is 19.4 Å². The van der Waals surface area contributed by atoms with E-state index in [-0.39, 0.29) is 6.42 Å². The number of unbranched alkanes of at least 4 members (excludes halogenated alkanes) is 3. The monoisotopic (exact) mass is 360 g/mol. The first-order valence-corrected chi connectivity index (χ1v) is 10.2. The van der Waals surface area contributed by atoms with E-state index in [1.54, 1.807) is 0 Å². The number of carboxylic acid groups (broad SMARTS) is 1.